The van der Waals surface area contributed by atoms with Gasteiger partial charge in [-0.15, -0.1) is 10.2 Å². The van der Waals surface area contributed by atoms with Crippen molar-refractivity contribution in [3.8, 4) is 11.1 Å². The van der Waals surface area contributed by atoms with Crippen LogP contribution < -0.4 is 0 Å². The van der Waals surface area contributed by atoms with Gasteiger partial charge in [0.1, 0.15) is 11.6 Å². The minimum Gasteiger partial charge on any atom is -0.314 e. The molecule has 1 aliphatic rings. The third-order valence-corrected chi connectivity index (χ3v) is 6.14. The predicted octanol–water partition coefficient (Wildman–Crippen LogP) is 4.79. The average molecular weight is 409 g/mol. The van der Waals surface area contributed by atoms with Crippen molar-refractivity contribution in [1.29, 1.82) is 0 Å². The van der Waals surface area contributed by atoms with Crippen molar-refractivity contribution in [1.82, 2.24) is 19.7 Å². The average Bonchev–Trinajstić information content (AvgIpc) is 3.11. The van der Waals surface area contributed by atoms with E-state index in [1.165, 1.54) is 22.3 Å². The number of hydrogen-bond acceptors (Lipinski definition) is 3. The van der Waals surface area contributed by atoms with E-state index in [0.29, 0.717) is 0 Å². The maximum absolute atomic E-state index is 4.50. The fraction of sp³-hybridized carbons (Fsp3) is 0.259. The summed E-state index contributed by atoms with van der Waals surface area (Å²) in [5.41, 5.74) is 5.26. The fourth-order valence-corrected chi connectivity index (χ4v) is 4.36. The molecular weight excluding hydrogens is 380 g/mol. The highest BCUT2D eigenvalue weighted by atomic mass is 15.3. The zero-order valence-corrected chi connectivity index (χ0v) is 17.8. The van der Waals surface area contributed by atoms with Crippen molar-refractivity contribution in [3.63, 3.8) is 0 Å². The van der Waals surface area contributed by atoms with Crippen molar-refractivity contribution >= 4 is 0 Å². The number of nitrogens with zero attached hydrogens (tertiary/aromatic N) is 4. The first-order chi connectivity index (χ1) is 15.3. The minimum atomic E-state index is 0.942. The van der Waals surface area contributed by atoms with Crippen LogP contribution in [-0.2, 0) is 32.4 Å². The molecule has 0 spiro atoms. The number of rotatable bonds is 6. The van der Waals surface area contributed by atoms with Gasteiger partial charge in [-0.2, -0.15) is 0 Å². The summed E-state index contributed by atoms with van der Waals surface area (Å²) in [6.07, 6.45) is 2.91. The van der Waals surface area contributed by atoms with E-state index in [-0.39, 0.29) is 0 Å². The minimum absolute atomic E-state index is 0.942. The lowest BCUT2D eigenvalue weighted by Gasteiger charge is -2.20. The van der Waals surface area contributed by atoms with E-state index >= 15 is 0 Å². The number of hydrogen-bond donors (Lipinski definition) is 0. The summed E-state index contributed by atoms with van der Waals surface area (Å²) in [5, 5.41) is 9.00. The van der Waals surface area contributed by atoms with E-state index in [9.17, 15) is 0 Å². The maximum atomic E-state index is 4.50. The molecular formula is C27H28N4. The van der Waals surface area contributed by atoms with Gasteiger partial charge >= 0.3 is 0 Å². The van der Waals surface area contributed by atoms with Gasteiger partial charge in [-0.25, -0.2) is 0 Å². The van der Waals surface area contributed by atoms with Crippen LogP contribution in [0.5, 0.6) is 0 Å². The van der Waals surface area contributed by atoms with Crippen molar-refractivity contribution in [2.75, 3.05) is 13.1 Å². The summed E-state index contributed by atoms with van der Waals surface area (Å²) >= 11 is 0. The highest BCUT2D eigenvalue weighted by molar-refractivity contribution is 5.63. The van der Waals surface area contributed by atoms with Crippen LogP contribution in [0, 0.1) is 0 Å². The lowest BCUT2D eigenvalue weighted by atomic mass is 10.0. The number of aryl methyl sites for hydroxylation is 2. The molecule has 31 heavy (non-hydrogen) atoms. The third kappa shape index (κ3) is 4.75. The van der Waals surface area contributed by atoms with Gasteiger partial charge in [-0.05, 0) is 28.7 Å². The standard InChI is InChI=1S/C27H28N4/c1-3-7-22(8-4-1)13-16-26-28-29-27-17-18-30(19-20-31(26)27)21-23-11-14-25(15-12-23)24-9-5-2-6-10-24/h1-12,14-15H,13,16-21H2. The van der Waals surface area contributed by atoms with Crippen molar-refractivity contribution < 1.29 is 0 Å². The number of fused-ring (bicyclic) bond motifs is 1. The summed E-state index contributed by atoms with van der Waals surface area (Å²) in [6.45, 7) is 4.00. The summed E-state index contributed by atoms with van der Waals surface area (Å²) < 4.78 is 2.35. The van der Waals surface area contributed by atoms with Crippen LogP contribution in [0.15, 0.2) is 84.9 Å². The van der Waals surface area contributed by atoms with Crippen molar-refractivity contribution in [2.24, 2.45) is 0 Å². The molecule has 1 aromatic heterocycles. The van der Waals surface area contributed by atoms with Gasteiger partial charge < -0.3 is 4.57 Å². The van der Waals surface area contributed by atoms with Gasteiger partial charge in [0.05, 0.1) is 0 Å². The first-order valence-electron chi connectivity index (χ1n) is 11.2. The van der Waals surface area contributed by atoms with Crippen LogP contribution in [0.4, 0.5) is 0 Å². The molecule has 2 heterocycles. The summed E-state index contributed by atoms with van der Waals surface area (Å²) in [5.74, 6) is 2.25. The first-order valence-corrected chi connectivity index (χ1v) is 11.2. The molecule has 0 fully saturated rings. The Bertz CT molecular complexity index is 1100. The molecule has 0 bridgehead atoms. The molecule has 0 N–H and O–H groups in total. The lowest BCUT2D eigenvalue weighted by molar-refractivity contribution is 0.270. The van der Waals surface area contributed by atoms with Crippen LogP contribution in [-0.4, -0.2) is 32.8 Å². The Labute approximate surface area is 184 Å². The molecule has 0 atom stereocenters. The van der Waals surface area contributed by atoms with Gasteiger partial charge in [0.2, 0.25) is 0 Å². The molecule has 0 amide bonds. The Morgan fingerprint density at radius 1 is 0.613 bits per heavy atom. The maximum Gasteiger partial charge on any atom is 0.134 e. The first kappa shape index (κ1) is 19.7. The van der Waals surface area contributed by atoms with Gasteiger partial charge in [-0.3, -0.25) is 4.90 Å². The molecule has 4 heteroatoms. The van der Waals surface area contributed by atoms with Crippen LogP contribution in [0.1, 0.15) is 22.8 Å². The molecule has 5 rings (SSSR count). The highest BCUT2D eigenvalue weighted by Gasteiger charge is 2.18. The van der Waals surface area contributed by atoms with Gasteiger partial charge in [0.15, 0.2) is 0 Å². The predicted molar refractivity (Wildman–Crippen MR) is 125 cm³/mol. The van der Waals surface area contributed by atoms with E-state index in [1.807, 2.05) is 0 Å². The molecule has 4 aromatic rings. The molecule has 1 aliphatic heterocycles. The van der Waals surface area contributed by atoms with Gasteiger partial charge in [0, 0.05) is 39.0 Å². The molecule has 0 radical (unpaired) electrons. The second-order valence-electron chi connectivity index (χ2n) is 8.26. The van der Waals surface area contributed by atoms with E-state index in [4.69, 9.17) is 0 Å². The highest BCUT2D eigenvalue weighted by Crippen LogP contribution is 2.20. The van der Waals surface area contributed by atoms with Crippen LogP contribution >= 0.6 is 0 Å². The van der Waals surface area contributed by atoms with Gasteiger partial charge in [-0.1, -0.05) is 84.9 Å². The summed E-state index contributed by atoms with van der Waals surface area (Å²) in [4.78, 5) is 2.53. The molecule has 3 aromatic carbocycles. The molecule has 0 saturated heterocycles. The number of benzene rings is 3. The Balaban J connectivity index is 1.20. The molecule has 0 unspecified atom stereocenters. The molecule has 0 saturated carbocycles. The topological polar surface area (TPSA) is 34.0 Å². The Morgan fingerprint density at radius 3 is 2.10 bits per heavy atom. The van der Waals surface area contributed by atoms with Crippen molar-refractivity contribution in [2.45, 2.75) is 32.4 Å². The van der Waals surface area contributed by atoms with Gasteiger partial charge in [0.25, 0.3) is 0 Å². The summed E-state index contributed by atoms with van der Waals surface area (Å²) in [7, 11) is 0. The Hall–Kier alpha value is -3.24. The van der Waals surface area contributed by atoms with Crippen LogP contribution in [0.25, 0.3) is 11.1 Å². The third-order valence-electron chi connectivity index (χ3n) is 6.14. The zero-order valence-electron chi connectivity index (χ0n) is 17.8. The SMILES string of the molecule is c1ccc(CCc2nnc3n2CCN(Cc2ccc(-c4ccccc4)cc2)CC3)cc1. The molecule has 156 valence electrons. The molecule has 4 nitrogen and oxygen atoms in total. The van der Waals surface area contributed by atoms with E-state index in [1.54, 1.807) is 0 Å². The largest absolute Gasteiger partial charge is 0.314 e. The Morgan fingerprint density at radius 2 is 1.32 bits per heavy atom. The van der Waals surface area contributed by atoms with E-state index in [2.05, 4.69) is 105 Å². The van der Waals surface area contributed by atoms with Crippen LogP contribution in [0.3, 0.4) is 0 Å². The van der Waals surface area contributed by atoms with E-state index in [0.717, 1.165) is 57.1 Å². The normalized spacial score (nSPS) is 14.2. The Kier molecular flexibility index (Phi) is 5.90. The second kappa shape index (κ2) is 9.27. The smallest absolute Gasteiger partial charge is 0.134 e. The van der Waals surface area contributed by atoms with E-state index < -0.39 is 0 Å². The van der Waals surface area contributed by atoms with Crippen molar-refractivity contribution in [3.05, 3.63) is 108 Å². The monoisotopic (exact) mass is 408 g/mol. The summed E-state index contributed by atoms with van der Waals surface area (Å²) in [6, 6.07) is 30.2. The van der Waals surface area contributed by atoms with Crippen LogP contribution in [0.2, 0.25) is 0 Å². The molecule has 0 aliphatic carbocycles. The lowest BCUT2D eigenvalue weighted by Crippen LogP contribution is -2.26. The fourth-order valence-electron chi connectivity index (χ4n) is 4.36. The number of aromatic nitrogens is 3. The second-order valence-corrected chi connectivity index (χ2v) is 8.26. The zero-order chi connectivity index (χ0) is 20.9. The quantitative estimate of drug-likeness (QED) is 0.460.